The van der Waals surface area contributed by atoms with E-state index < -0.39 is 5.91 Å². The molecule has 8 nitrogen and oxygen atoms in total. The molecule has 2 heterocycles. The number of likely N-dealkylation sites (N-methyl/N-ethyl adjacent to an activating group) is 1. The molecule has 2 aromatic heterocycles. The fraction of sp³-hybridized carbons (Fsp3) is 0.167. The molecule has 0 aliphatic heterocycles. The van der Waals surface area contributed by atoms with Crippen molar-refractivity contribution < 1.29 is 14.7 Å². The molecule has 0 radical (unpaired) electrons. The number of hydrogen-bond donors (Lipinski definition) is 3. The van der Waals surface area contributed by atoms with Gasteiger partial charge < -0.3 is 15.7 Å². The van der Waals surface area contributed by atoms with Gasteiger partial charge in [0.1, 0.15) is 12.3 Å². The molecule has 0 aromatic carbocycles. The fourth-order valence-corrected chi connectivity index (χ4v) is 1.50. The highest BCUT2D eigenvalue weighted by Crippen LogP contribution is 2.11. The van der Waals surface area contributed by atoms with Gasteiger partial charge in [0.25, 0.3) is 5.91 Å². The lowest BCUT2D eigenvalue weighted by atomic mass is 10.2. The standard InChI is InChI=1S/C12H13N5O3/c1-13-11(19)7-17-6-9(4-15-17)16-12(20)8-2-10(18)5-14-3-8/h2-6,18H,7H2,1H3,(H,13,19)(H,16,20). The first-order valence-corrected chi connectivity index (χ1v) is 5.77. The summed E-state index contributed by atoms with van der Waals surface area (Å²) in [4.78, 5) is 26.8. The molecule has 104 valence electrons. The first kappa shape index (κ1) is 13.5. The van der Waals surface area contributed by atoms with Crippen LogP contribution in [-0.2, 0) is 11.3 Å². The summed E-state index contributed by atoms with van der Waals surface area (Å²) in [6, 6.07) is 1.30. The van der Waals surface area contributed by atoms with Crippen LogP contribution in [0.4, 0.5) is 5.69 Å². The number of pyridine rings is 1. The molecule has 0 aliphatic carbocycles. The van der Waals surface area contributed by atoms with Crippen molar-refractivity contribution in [1.82, 2.24) is 20.1 Å². The van der Waals surface area contributed by atoms with Crippen molar-refractivity contribution in [1.29, 1.82) is 0 Å². The summed E-state index contributed by atoms with van der Waals surface area (Å²) >= 11 is 0. The van der Waals surface area contributed by atoms with E-state index in [-0.39, 0.29) is 23.8 Å². The first-order chi connectivity index (χ1) is 9.58. The van der Waals surface area contributed by atoms with Crippen molar-refractivity contribution in [2.24, 2.45) is 0 Å². The highest BCUT2D eigenvalue weighted by atomic mass is 16.3. The number of carbonyl (C=O) groups is 2. The molecule has 2 amide bonds. The molecular formula is C12H13N5O3. The topological polar surface area (TPSA) is 109 Å². The molecular weight excluding hydrogens is 262 g/mol. The van der Waals surface area contributed by atoms with E-state index in [1.54, 1.807) is 0 Å². The maximum absolute atomic E-state index is 11.9. The third kappa shape index (κ3) is 3.31. The van der Waals surface area contributed by atoms with Crippen LogP contribution in [0.3, 0.4) is 0 Å². The minimum Gasteiger partial charge on any atom is -0.506 e. The van der Waals surface area contributed by atoms with Crippen molar-refractivity contribution in [3.8, 4) is 5.75 Å². The lowest BCUT2D eigenvalue weighted by Crippen LogP contribution is -2.23. The van der Waals surface area contributed by atoms with Gasteiger partial charge in [-0.1, -0.05) is 0 Å². The van der Waals surface area contributed by atoms with Crippen LogP contribution >= 0.6 is 0 Å². The molecule has 2 aromatic rings. The van der Waals surface area contributed by atoms with Gasteiger partial charge in [0.15, 0.2) is 0 Å². The molecule has 0 saturated heterocycles. The number of aromatic nitrogens is 3. The van der Waals surface area contributed by atoms with Gasteiger partial charge in [-0.15, -0.1) is 0 Å². The molecule has 0 fully saturated rings. The van der Waals surface area contributed by atoms with Gasteiger partial charge in [-0.3, -0.25) is 19.3 Å². The monoisotopic (exact) mass is 275 g/mol. The van der Waals surface area contributed by atoms with Gasteiger partial charge >= 0.3 is 0 Å². The number of rotatable bonds is 4. The summed E-state index contributed by atoms with van der Waals surface area (Å²) in [5.41, 5.74) is 0.672. The lowest BCUT2D eigenvalue weighted by molar-refractivity contribution is -0.121. The molecule has 2 rings (SSSR count). The maximum Gasteiger partial charge on any atom is 0.257 e. The Balaban J connectivity index is 2.03. The van der Waals surface area contributed by atoms with Gasteiger partial charge in [-0.2, -0.15) is 5.10 Å². The Bertz CT molecular complexity index is 638. The number of carbonyl (C=O) groups excluding carboxylic acids is 2. The number of amides is 2. The van der Waals surface area contributed by atoms with Crippen molar-refractivity contribution in [2.45, 2.75) is 6.54 Å². The van der Waals surface area contributed by atoms with Crippen LogP contribution in [0.1, 0.15) is 10.4 Å². The Morgan fingerprint density at radius 2 is 2.15 bits per heavy atom. The average molecular weight is 275 g/mol. The third-order valence-corrected chi connectivity index (χ3v) is 2.46. The molecule has 0 atom stereocenters. The smallest absolute Gasteiger partial charge is 0.257 e. The second-order valence-electron chi connectivity index (χ2n) is 3.99. The van der Waals surface area contributed by atoms with Crippen molar-refractivity contribution in [2.75, 3.05) is 12.4 Å². The molecule has 0 aliphatic rings. The van der Waals surface area contributed by atoms with Crippen LogP contribution in [-0.4, -0.2) is 38.7 Å². The minimum atomic E-state index is -0.423. The molecule has 8 heteroatoms. The predicted octanol–water partition coefficient (Wildman–Crippen LogP) is -0.0180. The van der Waals surface area contributed by atoms with Crippen LogP contribution < -0.4 is 10.6 Å². The summed E-state index contributed by atoms with van der Waals surface area (Å²) in [6.45, 7) is 0.0695. The van der Waals surface area contributed by atoms with Gasteiger partial charge in [0.05, 0.1) is 23.6 Å². The van der Waals surface area contributed by atoms with Gasteiger partial charge in [-0.05, 0) is 6.07 Å². The van der Waals surface area contributed by atoms with Crippen LogP contribution in [0.15, 0.2) is 30.9 Å². The Kier molecular flexibility index (Phi) is 3.94. The van der Waals surface area contributed by atoms with Crippen LogP contribution in [0.2, 0.25) is 0 Å². The second-order valence-corrected chi connectivity index (χ2v) is 3.99. The highest BCUT2D eigenvalue weighted by Gasteiger charge is 2.09. The number of anilines is 1. The van der Waals surface area contributed by atoms with Crippen LogP contribution in [0.25, 0.3) is 0 Å². The summed E-state index contributed by atoms with van der Waals surface area (Å²) in [5.74, 6) is -0.705. The zero-order valence-corrected chi connectivity index (χ0v) is 10.7. The molecule has 20 heavy (non-hydrogen) atoms. The van der Waals surface area contributed by atoms with E-state index in [0.29, 0.717) is 5.69 Å². The van der Waals surface area contributed by atoms with E-state index in [2.05, 4.69) is 20.7 Å². The van der Waals surface area contributed by atoms with Crippen LogP contribution in [0.5, 0.6) is 5.75 Å². The molecule has 3 N–H and O–H groups in total. The number of aromatic hydroxyl groups is 1. The Morgan fingerprint density at radius 1 is 1.35 bits per heavy atom. The summed E-state index contributed by atoms with van der Waals surface area (Å²) in [5, 5.41) is 18.3. The van der Waals surface area contributed by atoms with E-state index in [1.165, 1.54) is 42.6 Å². The predicted molar refractivity (Wildman–Crippen MR) is 70.1 cm³/mol. The molecule has 0 bridgehead atoms. The quantitative estimate of drug-likeness (QED) is 0.726. The SMILES string of the molecule is CNC(=O)Cn1cc(NC(=O)c2cncc(O)c2)cn1. The zero-order chi connectivity index (χ0) is 14.5. The van der Waals surface area contributed by atoms with Gasteiger partial charge in [0, 0.05) is 19.4 Å². The fourth-order valence-electron chi connectivity index (χ4n) is 1.50. The van der Waals surface area contributed by atoms with E-state index in [9.17, 15) is 14.7 Å². The minimum absolute atomic E-state index is 0.0695. The van der Waals surface area contributed by atoms with E-state index in [1.807, 2.05) is 0 Å². The molecule has 0 unspecified atom stereocenters. The number of nitrogens with one attached hydrogen (secondary N) is 2. The van der Waals surface area contributed by atoms with Gasteiger partial charge in [0.2, 0.25) is 5.91 Å². The summed E-state index contributed by atoms with van der Waals surface area (Å²) in [7, 11) is 1.53. The maximum atomic E-state index is 11.9. The van der Waals surface area contributed by atoms with E-state index in [0.717, 1.165) is 0 Å². The van der Waals surface area contributed by atoms with Crippen molar-refractivity contribution in [3.05, 3.63) is 36.4 Å². The molecule has 0 saturated carbocycles. The van der Waals surface area contributed by atoms with Crippen LogP contribution in [0, 0.1) is 0 Å². The average Bonchev–Trinajstić information content (AvgIpc) is 2.85. The second kappa shape index (κ2) is 5.83. The summed E-state index contributed by atoms with van der Waals surface area (Å²) in [6.07, 6.45) is 5.53. The van der Waals surface area contributed by atoms with E-state index >= 15 is 0 Å². The lowest BCUT2D eigenvalue weighted by Gasteiger charge is -2.02. The zero-order valence-electron chi connectivity index (χ0n) is 10.7. The largest absolute Gasteiger partial charge is 0.506 e. The Morgan fingerprint density at radius 3 is 2.85 bits per heavy atom. The molecule has 0 spiro atoms. The summed E-state index contributed by atoms with van der Waals surface area (Å²) < 4.78 is 1.40. The van der Waals surface area contributed by atoms with Gasteiger partial charge in [-0.25, -0.2) is 0 Å². The van der Waals surface area contributed by atoms with E-state index in [4.69, 9.17) is 0 Å². The van der Waals surface area contributed by atoms with Crippen molar-refractivity contribution >= 4 is 17.5 Å². The number of nitrogens with zero attached hydrogens (tertiary/aromatic N) is 3. The first-order valence-electron chi connectivity index (χ1n) is 5.77. The number of hydrogen-bond acceptors (Lipinski definition) is 5. The Hall–Kier alpha value is -2.90. The highest BCUT2D eigenvalue weighted by molar-refractivity contribution is 6.04. The van der Waals surface area contributed by atoms with Crippen molar-refractivity contribution in [3.63, 3.8) is 0 Å². The third-order valence-electron chi connectivity index (χ3n) is 2.46. The Labute approximate surface area is 114 Å². The normalized spacial score (nSPS) is 10.1.